The number of carbonyl (C=O) groups excluding carboxylic acids is 1. The summed E-state index contributed by atoms with van der Waals surface area (Å²) in [6.07, 6.45) is -2.52. The molecule has 5 aromatic rings. The van der Waals surface area contributed by atoms with Crippen LogP contribution in [-0.2, 0) is 43.0 Å². The van der Waals surface area contributed by atoms with Gasteiger partial charge in [-0.05, 0) is 72.6 Å². The predicted octanol–water partition coefficient (Wildman–Crippen LogP) is 5.21. The minimum absolute atomic E-state index is 0.0398. The van der Waals surface area contributed by atoms with Crippen LogP contribution in [0.3, 0.4) is 0 Å². The van der Waals surface area contributed by atoms with E-state index in [0.29, 0.717) is 34.8 Å². The molecule has 12 atom stereocenters. The highest BCUT2D eigenvalue weighted by Crippen LogP contribution is 2.63. The van der Waals surface area contributed by atoms with Gasteiger partial charge in [-0.2, -0.15) is 0 Å². The lowest BCUT2D eigenvalue weighted by molar-refractivity contribution is -0.173. The second-order valence-electron chi connectivity index (χ2n) is 19.2. The van der Waals surface area contributed by atoms with Gasteiger partial charge in [-0.3, -0.25) is 42.5 Å². The molecule has 22 nitrogen and oxygen atoms in total. The predicted molar refractivity (Wildman–Crippen MR) is 302 cm³/mol. The van der Waals surface area contributed by atoms with Crippen LogP contribution in [0.5, 0.6) is 11.5 Å². The Morgan fingerprint density at radius 2 is 1.30 bits per heavy atom. The van der Waals surface area contributed by atoms with Crippen LogP contribution in [0.1, 0.15) is 73.4 Å². The number of aryl methyl sites for hydroxylation is 2. The van der Waals surface area contributed by atoms with Crippen molar-refractivity contribution in [3.8, 4) is 11.5 Å². The lowest BCUT2D eigenvalue weighted by Crippen LogP contribution is -2.62. The third-order valence-corrected chi connectivity index (χ3v) is 20.0. The number of hydrogen-bond donors (Lipinski definition) is 6. The molecule has 6 N–H and O–H groups in total. The van der Waals surface area contributed by atoms with E-state index in [1.165, 1.54) is 50.0 Å². The first-order valence-corrected chi connectivity index (χ1v) is 31.3. The molecule has 0 spiro atoms. The number of H-pyrrole nitrogens is 2. The molecule has 3 aliphatic rings. The minimum Gasteiger partial charge on any atom is -0.497 e. The third kappa shape index (κ3) is 14.0. The molecule has 0 saturated carbocycles. The average Bonchev–Trinajstić information content (AvgIpc) is 4.12. The van der Waals surface area contributed by atoms with Crippen LogP contribution in [0.2, 0.25) is 0 Å². The second-order valence-corrected chi connectivity index (χ2v) is 25.8. The van der Waals surface area contributed by atoms with Crippen LogP contribution in [-0.4, -0.2) is 133 Å². The standard InChI is InChI=1S/C54H66N5O17PS3/c1-7-39-41(26-45(72-39)59-28-32(3)50(65)57-53(59)67)76-77(68,78-23-11-12-24-79-80-51-46(55-33(4)61)48(63)47(62)42(29-60)74-51)71-30-43-40(25-44(73-43)58-27-31(2)49(64)56-52(58)66)75-54(34-13-9-8-10-14-34,35-15-19-37(69-5)20-16-35)36-17-21-38(70-6)22-18-36/h8-22,27-28,39-48,51,60,62-63H,7,23-26,29-30H2,1-6H3,(H,55,61)(H,56,64,66)(H,57,65,67)/b12-11-/t39-,40?,41?,42?,43-,44-,45-,46?,47-,48-,51+,77?/m1/s1. The average molecular weight is 1180 g/mol. The number of methoxy groups -OCH3 is 2. The molecule has 0 bridgehead atoms. The van der Waals surface area contributed by atoms with Crippen LogP contribution in [0.15, 0.2) is 123 Å². The van der Waals surface area contributed by atoms with Crippen molar-refractivity contribution in [1.29, 1.82) is 0 Å². The molecule has 26 heteroatoms. The fourth-order valence-corrected chi connectivity index (χ4v) is 15.3. The second kappa shape index (κ2) is 27.2. The van der Waals surface area contributed by atoms with Gasteiger partial charge >= 0.3 is 18.2 Å². The summed E-state index contributed by atoms with van der Waals surface area (Å²) in [7, 11) is 5.64. The smallest absolute Gasteiger partial charge is 0.389 e. The largest absolute Gasteiger partial charge is 0.497 e. The van der Waals surface area contributed by atoms with Crippen molar-refractivity contribution in [1.82, 2.24) is 24.4 Å². The van der Waals surface area contributed by atoms with Crippen molar-refractivity contribution < 1.29 is 62.1 Å². The van der Waals surface area contributed by atoms with Gasteiger partial charge in [0.2, 0.25) is 5.91 Å². The molecule has 5 unspecified atom stereocenters. The van der Waals surface area contributed by atoms with Crippen molar-refractivity contribution in [3.05, 3.63) is 173 Å². The first kappa shape index (κ1) is 60.8. The van der Waals surface area contributed by atoms with Gasteiger partial charge in [0, 0.05) is 54.8 Å². The van der Waals surface area contributed by atoms with Gasteiger partial charge in [0.05, 0.1) is 51.8 Å². The molecular formula is C54H66N5O17PS3. The van der Waals surface area contributed by atoms with Crippen molar-refractivity contribution in [2.24, 2.45) is 0 Å². The van der Waals surface area contributed by atoms with E-state index < -0.39 is 121 Å². The summed E-state index contributed by atoms with van der Waals surface area (Å²) < 4.78 is 68.8. The summed E-state index contributed by atoms with van der Waals surface area (Å²) in [6.45, 7) is 0.983. The zero-order valence-corrected chi connectivity index (χ0v) is 48.1. The van der Waals surface area contributed by atoms with Crippen LogP contribution < -0.4 is 37.3 Å². The number of ether oxygens (including phenoxy) is 6. The van der Waals surface area contributed by atoms with Crippen molar-refractivity contribution in [2.45, 2.75) is 119 Å². The lowest BCUT2D eigenvalue weighted by atomic mass is 9.79. The fourth-order valence-electron chi connectivity index (χ4n) is 9.74. The number of carbonyl (C=O) groups is 1. The van der Waals surface area contributed by atoms with Gasteiger partial charge in [-0.15, -0.1) is 0 Å². The number of aliphatic hydroxyl groups excluding tert-OH is 3. The van der Waals surface area contributed by atoms with E-state index in [4.69, 9.17) is 37.5 Å². The van der Waals surface area contributed by atoms with Crippen LogP contribution in [0, 0.1) is 13.8 Å². The molecular weight excluding hydrogens is 1120 g/mol. The summed E-state index contributed by atoms with van der Waals surface area (Å²) in [4.78, 5) is 68.3. The van der Waals surface area contributed by atoms with E-state index in [-0.39, 0.29) is 29.7 Å². The molecule has 1 amide bonds. The Hall–Kier alpha value is -5.25. The molecule has 2 aromatic heterocycles. The third-order valence-electron chi connectivity index (χ3n) is 13.9. The quantitative estimate of drug-likeness (QED) is 0.0152. The monoisotopic (exact) mass is 1180 g/mol. The van der Waals surface area contributed by atoms with Crippen LogP contribution in [0.25, 0.3) is 0 Å². The van der Waals surface area contributed by atoms with E-state index >= 15 is 4.57 Å². The number of nitrogens with zero attached hydrogens (tertiary/aromatic N) is 2. The molecule has 0 aliphatic carbocycles. The van der Waals surface area contributed by atoms with Crippen LogP contribution in [0.4, 0.5) is 0 Å². The van der Waals surface area contributed by atoms with Crippen molar-refractivity contribution in [3.63, 3.8) is 0 Å². The van der Waals surface area contributed by atoms with E-state index in [1.807, 2.05) is 85.8 Å². The Labute approximate surface area is 472 Å². The summed E-state index contributed by atoms with van der Waals surface area (Å²) in [5.74, 6) is 1.21. The Morgan fingerprint density at radius 3 is 1.84 bits per heavy atom. The van der Waals surface area contributed by atoms with Gasteiger partial charge in [0.1, 0.15) is 59.4 Å². The zero-order valence-electron chi connectivity index (χ0n) is 44.7. The summed E-state index contributed by atoms with van der Waals surface area (Å²) in [5.41, 5.74) is -2.06. The van der Waals surface area contributed by atoms with Gasteiger partial charge in [-0.25, -0.2) is 14.2 Å². The number of aromatic nitrogens is 4. The normalized spacial score (nSPS) is 25.8. The maximum Gasteiger partial charge on any atom is 0.389 e. The first-order valence-electron chi connectivity index (χ1n) is 25.8. The maximum atomic E-state index is 15.6. The molecule has 3 aromatic carbocycles. The highest BCUT2D eigenvalue weighted by atomic mass is 33.1. The van der Waals surface area contributed by atoms with Gasteiger partial charge in [-0.1, -0.05) is 95.3 Å². The number of aromatic amines is 2. The number of benzene rings is 3. The van der Waals surface area contributed by atoms with E-state index in [2.05, 4.69) is 15.3 Å². The Balaban J connectivity index is 1.11. The van der Waals surface area contributed by atoms with E-state index in [9.17, 15) is 39.3 Å². The summed E-state index contributed by atoms with van der Waals surface area (Å²) in [5, 5.41) is 33.6. The molecule has 8 rings (SSSR count). The van der Waals surface area contributed by atoms with Crippen molar-refractivity contribution in [2.75, 3.05) is 38.9 Å². The Kier molecular flexibility index (Phi) is 20.7. The van der Waals surface area contributed by atoms with E-state index in [0.717, 1.165) is 16.9 Å². The SMILES string of the molecule is CC[C@H]1O[C@@H](n2cc(C)c(=O)[nH]c2=O)CC1OP(=O)(OC[C@H]1O[C@@H](n2cc(C)c(=O)[nH]c2=O)CC1OC(c1ccccc1)(c1ccc(OC)cc1)c1ccc(OC)cc1)SC/C=C\CSS[C@@H]1OC(CO)[C@@H](O)[C@H](O)C1NC(C)=O. The van der Waals surface area contributed by atoms with Crippen LogP contribution >= 0.6 is 39.8 Å². The summed E-state index contributed by atoms with van der Waals surface area (Å²) >= 11 is 0.884. The molecule has 432 valence electrons. The van der Waals surface area contributed by atoms with Gasteiger partial charge in [0.15, 0.2) is 0 Å². The Morgan fingerprint density at radius 1 is 0.762 bits per heavy atom. The number of aliphatic hydroxyl groups is 3. The maximum absolute atomic E-state index is 15.6. The molecule has 3 aliphatic heterocycles. The highest BCUT2D eigenvalue weighted by Gasteiger charge is 2.49. The number of nitrogens with one attached hydrogen (secondary N) is 3. The lowest BCUT2D eigenvalue weighted by Gasteiger charge is -2.41. The first-order chi connectivity index (χ1) is 38.4. The molecule has 5 heterocycles. The minimum atomic E-state index is -4.31. The van der Waals surface area contributed by atoms with Gasteiger partial charge in [0.25, 0.3) is 11.1 Å². The number of rotatable bonds is 24. The molecule has 3 fully saturated rings. The fraction of sp³-hybridized carbons (Fsp3) is 0.463. The van der Waals surface area contributed by atoms with Crippen molar-refractivity contribution >= 4 is 45.7 Å². The molecule has 80 heavy (non-hydrogen) atoms. The zero-order chi connectivity index (χ0) is 57.3. The Bertz CT molecular complexity index is 3170. The topological polar surface area (TPSA) is 290 Å². The molecule has 0 radical (unpaired) electrons. The highest BCUT2D eigenvalue weighted by molar-refractivity contribution is 8.77. The van der Waals surface area contributed by atoms with E-state index in [1.54, 1.807) is 40.2 Å². The molecule has 3 saturated heterocycles. The number of hydrogen-bond acceptors (Lipinski definition) is 20. The summed E-state index contributed by atoms with van der Waals surface area (Å²) in [6, 6.07) is 23.4. The van der Waals surface area contributed by atoms with Gasteiger partial charge < -0.3 is 49.1 Å². The number of amides is 1.